The predicted molar refractivity (Wildman–Crippen MR) is 108 cm³/mol. The van der Waals surface area contributed by atoms with E-state index in [2.05, 4.69) is 28.5 Å². The molecule has 0 radical (unpaired) electrons. The van der Waals surface area contributed by atoms with E-state index in [1.165, 1.54) is 16.6 Å². The molecule has 2 N–H and O–H groups in total. The standard InChI is InChI=1S/C23H24N2O3/c26-22(14-15-9-10-20-21(13-15)28-12-4-11-27-20)24-19-8-3-6-17-16-5-1-2-7-18(16)25-23(17)19/h1-2,5,7,9-10,13,19,25H,3-4,6,8,11-12,14H2,(H,24,26)/t19-/m0/s1. The molecule has 5 nitrogen and oxygen atoms in total. The first-order valence-electron chi connectivity index (χ1n) is 10.1. The van der Waals surface area contributed by atoms with Crippen molar-refractivity contribution in [1.29, 1.82) is 0 Å². The Kier molecular flexibility index (Phi) is 4.43. The summed E-state index contributed by atoms with van der Waals surface area (Å²) >= 11 is 0. The molecule has 0 spiro atoms. The number of nitrogens with one attached hydrogen (secondary N) is 2. The first-order valence-corrected chi connectivity index (χ1v) is 10.1. The average Bonchev–Trinajstić information content (AvgIpc) is 2.93. The van der Waals surface area contributed by atoms with Crippen molar-refractivity contribution in [2.24, 2.45) is 0 Å². The summed E-state index contributed by atoms with van der Waals surface area (Å²) in [6, 6.07) is 14.2. The Balaban J connectivity index is 1.32. The van der Waals surface area contributed by atoms with Gasteiger partial charge in [-0.2, -0.15) is 0 Å². The summed E-state index contributed by atoms with van der Waals surface area (Å²) in [7, 11) is 0. The van der Waals surface area contributed by atoms with Crippen LogP contribution in [0, 0.1) is 0 Å². The van der Waals surface area contributed by atoms with Crippen LogP contribution in [0.3, 0.4) is 0 Å². The lowest BCUT2D eigenvalue weighted by Gasteiger charge is -2.24. The van der Waals surface area contributed by atoms with Crippen molar-refractivity contribution in [2.45, 2.75) is 38.1 Å². The van der Waals surface area contributed by atoms with Crippen molar-refractivity contribution < 1.29 is 14.3 Å². The van der Waals surface area contributed by atoms with Gasteiger partial charge in [0.05, 0.1) is 25.7 Å². The number of hydrogen-bond acceptors (Lipinski definition) is 3. The largest absolute Gasteiger partial charge is 0.490 e. The van der Waals surface area contributed by atoms with Gasteiger partial charge in [-0.3, -0.25) is 4.79 Å². The van der Waals surface area contributed by atoms with Gasteiger partial charge in [-0.25, -0.2) is 0 Å². The van der Waals surface area contributed by atoms with E-state index >= 15 is 0 Å². The number of carbonyl (C=O) groups is 1. The van der Waals surface area contributed by atoms with Crippen LogP contribution in [0.1, 0.15) is 42.1 Å². The number of aromatic nitrogens is 1. The van der Waals surface area contributed by atoms with E-state index in [-0.39, 0.29) is 11.9 Å². The number of para-hydroxylation sites is 1. The molecule has 0 bridgehead atoms. The van der Waals surface area contributed by atoms with Gasteiger partial charge in [-0.1, -0.05) is 24.3 Å². The zero-order valence-electron chi connectivity index (χ0n) is 15.8. The third kappa shape index (κ3) is 3.21. The molecule has 1 atom stereocenters. The van der Waals surface area contributed by atoms with Crippen molar-refractivity contribution in [1.82, 2.24) is 10.3 Å². The van der Waals surface area contributed by atoms with Gasteiger partial charge < -0.3 is 19.8 Å². The van der Waals surface area contributed by atoms with E-state index in [4.69, 9.17) is 9.47 Å². The molecule has 1 aliphatic carbocycles. The van der Waals surface area contributed by atoms with Crippen LogP contribution >= 0.6 is 0 Å². The number of H-pyrrole nitrogens is 1. The second-order valence-corrected chi connectivity index (χ2v) is 7.58. The van der Waals surface area contributed by atoms with Gasteiger partial charge >= 0.3 is 0 Å². The maximum Gasteiger partial charge on any atom is 0.224 e. The molecule has 3 aromatic rings. The van der Waals surface area contributed by atoms with Gasteiger partial charge in [0.15, 0.2) is 11.5 Å². The Bertz CT molecular complexity index is 1020. The molecule has 28 heavy (non-hydrogen) atoms. The fourth-order valence-corrected chi connectivity index (χ4v) is 4.31. The highest BCUT2D eigenvalue weighted by molar-refractivity contribution is 5.86. The number of carbonyl (C=O) groups excluding carboxylic acids is 1. The van der Waals surface area contributed by atoms with Crippen LogP contribution < -0.4 is 14.8 Å². The van der Waals surface area contributed by atoms with Gasteiger partial charge in [-0.05, 0) is 48.6 Å². The first kappa shape index (κ1) is 17.2. The SMILES string of the molecule is O=C(Cc1ccc2c(c1)OCCCO2)N[C@H]1CCCc2c1[nH]c1ccccc21. The third-order valence-corrected chi connectivity index (χ3v) is 5.63. The number of benzene rings is 2. The molecule has 1 aliphatic heterocycles. The smallest absolute Gasteiger partial charge is 0.224 e. The summed E-state index contributed by atoms with van der Waals surface area (Å²) in [5.41, 5.74) is 4.60. The molecule has 0 unspecified atom stereocenters. The monoisotopic (exact) mass is 376 g/mol. The summed E-state index contributed by atoms with van der Waals surface area (Å²) < 4.78 is 11.4. The normalized spacial score (nSPS) is 18.4. The second-order valence-electron chi connectivity index (χ2n) is 7.58. The van der Waals surface area contributed by atoms with Crippen LogP contribution in [0.4, 0.5) is 0 Å². The lowest BCUT2D eigenvalue weighted by atomic mass is 9.91. The van der Waals surface area contributed by atoms with Gasteiger partial charge in [0.25, 0.3) is 0 Å². The molecule has 1 aromatic heterocycles. The lowest BCUT2D eigenvalue weighted by Crippen LogP contribution is -2.32. The van der Waals surface area contributed by atoms with Gasteiger partial charge in [0.1, 0.15) is 0 Å². The fourth-order valence-electron chi connectivity index (χ4n) is 4.31. The van der Waals surface area contributed by atoms with E-state index < -0.39 is 0 Å². The second kappa shape index (κ2) is 7.23. The van der Waals surface area contributed by atoms with Crippen LogP contribution in [-0.4, -0.2) is 24.1 Å². The Morgan fingerprint density at radius 2 is 1.93 bits per heavy atom. The van der Waals surface area contributed by atoms with Crippen molar-refractivity contribution >= 4 is 16.8 Å². The molecule has 1 amide bonds. The van der Waals surface area contributed by atoms with Gasteiger partial charge in [0.2, 0.25) is 5.91 Å². The zero-order chi connectivity index (χ0) is 18.9. The minimum atomic E-state index is 0.0333. The fraction of sp³-hybridized carbons (Fsp3) is 0.348. The van der Waals surface area contributed by atoms with Crippen LogP contribution in [0.25, 0.3) is 10.9 Å². The highest BCUT2D eigenvalue weighted by Gasteiger charge is 2.25. The maximum absolute atomic E-state index is 12.7. The van der Waals surface area contributed by atoms with Crippen molar-refractivity contribution in [3.63, 3.8) is 0 Å². The molecular formula is C23H24N2O3. The summed E-state index contributed by atoms with van der Waals surface area (Å²) in [4.78, 5) is 16.3. The number of aromatic amines is 1. The zero-order valence-corrected chi connectivity index (χ0v) is 15.8. The van der Waals surface area contributed by atoms with Crippen molar-refractivity contribution in [3.05, 3.63) is 59.3 Å². The maximum atomic E-state index is 12.7. The Morgan fingerprint density at radius 3 is 2.86 bits per heavy atom. The minimum Gasteiger partial charge on any atom is -0.490 e. The Morgan fingerprint density at radius 1 is 1.07 bits per heavy atom. The summed E-state index contributed by atoms with van der Waals surface area (Å²) in [5.74, 6) is 1.53. The number of fused-ring (bicyclic) bond motifs is 4. The number of ether oxygens (including phenoxy) is 2. The van der Waals surface area contributed by atoms with Crippen LogP contribution in [-0.2, 0) is 17.6 Å². The molecule has 5 rings (SSSR count). The third-order valence-electron chi connectivity index (χ3n) is 5.63. The molecule has 0 fully saturated rings. The average molecular weight is 376 g/mol. The van der Waals surface area contributed by atoms with Crippen molar-refractivity contribution in [3.8, 4) is 11.5 Å². The first-order chi connectivity index (χ1) is 13.8. The highest BCUT2D eigenvalue weighted by atomic mass is 16.5. The summed E-state index contributed by atoms with van der Waals surface area (Å²) in [6.45, 7) is 1.31. The highest BCUT2D eigenvalue weighted by Crippen LogP contribution is 2.35. The number of hydrogen-bond donors (Lipinski definition) is 2. The predicted octanol–water partition coefficient (Wildman–Crippen LogP) is 4.07. The molecule has 5 heteroatoms. The van der Waals surface area contributed by atoms with E-state index in [1.807, 2.05) is 24.3 Å². The number of rotatable bonds is 3. The number of amides is 1. The van der Waals surface area contributed by atoms with E-state index in [0.29, 0.717) is 19.6 Å². The van der Waals surface area contributed by atoms with Crippen LogP contribution in [0.5, 0.6) is 11.5 Å². The quantitative estimate of drug-likeness (QED) is 0.724. The topological polar surface area (TPSA) is 63.4 Å². The Hall–Kier alpha value is -2.95. The van der Waals surface area contributed by atoms with Gasteiger partial charge in [-0.15, -0.1) is 0 Å². The Labute approximate surface area is 164 Å². The van der Waals surface area contributed by atoms with Crippen LogP contribution in [0.15, 0.2) is 42.5 Å². The molecule has 144 valence electrons. The lowest BCUT2D eigenvalue weighted by molar-refractivity contribution is -0.121. The molecule has 0 saturated heterocycles. The summed E-state index contributed by atoms with van der Waals surface area (Å²) in [5, 5.41) is 4.51. The summed E-state index contributed by atoms with van der Waals surface area (Å²) in [6.07, 6.45) is 4.33. The number of aryl methyl sites for hydroxylation is 1. The molecule has 2 heterocycles. The van der Waals surface area contributed by atoms with E-state index in [1.54, 1.807) is 0 Å². The molecule has 2 aromatic carbocycles. The molecular weight excluding hydrogens is 352 g/mol. The van der Waals surface area contributed by atoms with Crippen LogP contribution in [0.2, 0.25) is 0 Å². The minimum absolute atomic E-state index is 0.0333. The van der Waals surface area contributed by atoms with Crippen molar-refractivity contribution in [2.75, 3.05) is 13.2 Å². The molecule has 2 aliphatic rings. The van der Waals surface area contributed by atoms with E-state index in [9.17, 15) is 4.79 Å². The molecule has 0 saturated carbocycles. The van der Waals surface area contributed by atoms with E-state index in [0.717, 1.165) is 48.3 Å². The van der Waals surface area contributed by atoms with Gasteiger partial charge in [0, 0.05) is 23.0 Å².